The summed E-state index contributed by atoms with van der Waals surface area (Å²) in [5.74, 6) is 0. The molecule has 1 heterocycles. The minimum absolute atomic E-state index is 0.0785. The first-order chi connectivity index (χ1) is 13.2. The molecule has 0 amide bonds. The number of aryl methyl sites for hydroxylation is 1. The zero-order chi connectivity index (χ0) is 19.1. The van der Waals surface area contributed by atoms with E-state index >= 15 is 0 Å². The Hall–Kier alpha value is -2.63. The van der Waals surface area contributed by atoms with Gasteiger partial charge < -0.3 is 15.7 Å². The number of aliphatic hydroxyl groups excluding tert-OH is 1. The van der Waals surface area contributed by atoms with Crippen molar-refractivity contribution in [3.05, 3.63) is 82.7 Å². The van der Waals surface area contributed by atoms with Crippen molar-refractivity contribution in [2.24, 2.45) is 0 Å². The van der Waals surface area contributed by atoms with Gasteiger partial charge in [0, 0.05) is 19.6 Å². The van der Waals surface area contributed by atoms with E-state index in [2.05, 4.69) is 51.6 Å². The first-order valence-corrected chi connectivity index (χ1v) is 9.39. The maximum Gasteiger partial charge on any atom is 0.0828 e. The van der Waals surface area contributed by atoms with Crippen LogP contribution in [-0.4, -0.2) is 28.0 Å². The van der Waals surface area contributed by atoms with E-state index in [4.69, 9.17) is 0 Å². The number of rotatable bonds is 9. The van der Waals surface area contributed by atoms with Gasteiger partial charge in [0.2, 0.25) is 0 Å². The minimum Gasteiger partial charge on any atom is -0.392 e. The number of hydrogen-bond donors (Lipinski definition) is 3. The van der Waals surface area contributed by atoms with E-state index in [0.717, 1.165) is 54.4 Å². The van der Waals surface area contributed by atoms with Crippen molar-refractivity contribution in [2.75, 3.05) is 18.4 Å². The molecular formula is C22H28N4O. The van der Waals surface area contributed by atoms with E-state index in [0.29, 0.717) is 0 Å². The van der Waals surface area contributed by atoms with Crippen LogP contribution in [0.1, 0.15) is 28.1 Å². The molecule has 0 saturated carbocycles. The molecular weight excluding hydrogens is 336 g/mol. The van der Waals surface area contributed by atoms with E-state index < -0.39 is 0 Å². The Bertz CT molecular complexity index is 858. The zero-order valence-corrected chi connectivity index (χ0v) is 16.1. The molecule has 0 atom stereocenters. The van der Waals surface area contributed by atoms with Gasteiger partial charge in [0.05, 0.1) is 30.2 Å². The molecule has 0 aliphatic heterocycles. The van der Waals surface area contributed by atoms with Crippen LogP contribution in [0.25, 0.3) is 0 Å². The highest BCUT2D eigenvalue weighted by molar-refractivity contribution is 5.52. The Balaban J connectivity index is 1.51. The van der Waals surface area contributed by atoms with E-state index in [1.54, 1.807) is 0 Å². The number of aromatic nitrogens is 2. The maximum absolute atomic E-state index is 9.39. The molecule has 3 N–H and O–H groups in total. The highest BCUT2D eigenvalue weighted by atomic mass is 16.3. The third kappa shape index (κ3) is 4.96. The molecule has 2 aromatic carbocycles. The van der Waals surface area contributed by atoms with Gasteiger partial charge in [0.1, 0.15) is 0 Å². The van der Waals surface area contributed by atoms with Gasteiger partial charge >= 0.3 is 0 Å². The Morgan fingerprint density at radius 3 is 2.37 bits per heavy atom. The van der Waals surface area contributed by atoms with Crippen LogP contribution in [0.2, 0.25) is 0 Å². The number of aliphatic hydroxyl groups is 1. The fraction of sp³-hybridized carbons (Fsp3) is 0.318. The average Bonchev–Trinajstić information content (AvgIpc) is 2.96. The number of nitrogens with one attached hydrogen (secondary N) is 2. The van der Waals surface area contributed by atoms with Gasteiger partial charge in [-0.3, -0.25) is 4.68 Å². The molecule has 3 aromatic rings. The van der Waals surface area contributed by atoms with Crippen molar-refractivity contribution in [3.8, 4) is 0 Å². The Kier molecular flexibility index (Phi) is 6.63. The first-order valence-electron chi connectivity index (χ1n) is 9.39. The van der Waals surface area contributed by atoms with Gasteiger partial charge in [-0.15, -0.1) is 0 Å². The normalized spacial score (nSPS) is 10.9. The summed E-state index contributed by atoms with van der Waals surface area (Å²) in [7, 11) is 0. The molecule has 0 fully saturated rings. The Morgan fingerprint density at radius 1 is 0.926 bits per heavy atom. The molecule has 142 valence electrons. The Labute approximate surface area is 161 Å². The van der Waals surface area contributed by atoms with Gasteiger partial charge in [-0.05, 0) is 30.5 Å². The number of anilines is 1. The van der Waals surface area contributed by atoms with E-state index in [1.165, 1.54) is 5.56 Å². The standard InChI is InChI=1S/C22H28N4O/c1-17-22(18(2)26(25-17)15-19-8-4-3-5-9-19)24-13-12-23-14-20-10-6-7-11-21(20)16-27/h3-11,23-24,27H,12-16H2,1-2H3. The Morgan fingerprint density at radius 2 is 1.63 bits per heavy atom. The van der Waals surface area contributed by atoms with Crippen molar-refractivity contribution in [1.82, 2.24) is 15.1 Å². The highest BCUT2D eigenvalue weighted by Gasteiger charge is 2.11. The number of hydrogen-bond acceptors (Lipinski definition) is 4. The molecule has 0 unspecified atom stereocenters. The molecule has 0 aliphatic rings. The number of nitrogens with zero attached hydrogens (tertiary/aromatic N) is 2. The summed E-state index contributed by atoms with van der Waals surface area (Å²) in [4.78, 5) is 0. The van der Waals surface area contributed by atoms with Crippen LogP contribution in [0, 0.1) is 13.8 Å². The summed E-state index contributed by atoms with van der Waals surface area (Å²) >= 11 is 0. The molecule has 0 radical (unpaired) electrons. The van der Waals surface area contributed by atoms with Crippen molar-refractivity contribution in [2.45, 2.75) is 33.5 Å². The van der Waals surface area contributed by atoms with Crippen LogP contribution in [0.3, 0.4) is 0 Å². The monoisotopic (exact) mass is 364 g/mol. The summed E-state index contributed by atoms with van der Waals surface area (Å²) < 4.78 is 2.05. The van der Waals surface area contributed by atoms with Crippen LogP contribution >= 0.6 is 0 Å². The molecule has 5 heteroatoms. The van der Waals surface area contributed by atoms with Gasteiger partial charge in [-0.1, -0.05) is 54.6 Å². The second-order valence-electron chi connectivity index (χ2n) is 6.72. The largest absolute Gasteiger partial charge is 0.392 e. The topological polar surface area (TPSA) is 62.1 Å². The van der Waals surface area contributed by atoms with Crippen LogP contribution in [-0.2, 0) is 19.7 Å². The lowest BCUT2D eigenvalue weighted by molar-refractivity contribution is 0.280. The van der Waals surface area contributed by atoms with Crippen molar-refractivity contribution >= 4 is 5.69 Å². The highest BCUT2D eigenvalue weighted by Crippen LogP contribution is 2.20. The molecule has 0 saturated heterocycles. The maximum atomic E-state index is 9.39. The third-order valence-corrected chi connectivity index (χ3v) is 4.76. The quantitative estimate of drug-likeness (QED) is 0.510. The summed E-state index contributed by atoms with van der Waals surface area (Å²) in [5.41, 5.74) is 6.66. The molecule has 0 spiro atoms. The van der Waals surface area contributed by atoms with Gasteiger partial charge in [0.25, 0.3) is 0 Å². The van der Waals surface area contributed by atoms with E-state index in [1.807, 2.05) is 37.3 Å². The fourth-order valence-corrected chi connectivity index (χ4v) is 3.25. The predicted octanol–water partition coefficient (Wildman–Crippen LogP) is 3.24. The van der Waals surface area contributed by atoms with Crippen LogP contribution in [0.4, 0.5) is 5.69 Å². The lowest BCUT2D eigenvalue weighted by Gasteiger charge is -2.11. The second-order valence-corrected chi connectivity index (χ2v) is 6.72. The van der Waals surface area contributed by atoms with Gasteiger partial charge in [-0.25, -0.2) is 0 Å². The van der Waals surface area contributed by atoms with Crippen molar-refractivity contribution in [3.63, 3.8) is 0 Å². The van der Waals surface area contributed by atoms with E-state index in [-0.39, 0.29) is 6.61 Å². The lowest BCUT2D eigenvalue weighted by atomic mass is 10.1. The minimum atomic E-state index is 0.0785. The zero-order valence-electron chi connectivity index (χ0n) is 16.1. The molecule has 3 rings (SSSR count). The van der Waals surface area contributed by atoms with Crippen molar-refractivity contribution in [1.29, 1.82) is 0 Å². The van der Waals surface area contributed by atoms with Crippen LogP contribution < -0.4 is 10.6 Å². The molecule has 0 bridgehead atoms. The average molecular weight is 364 g/mol. The summed E-state index contributed by atoms with van der Waals surface area (Å²) in [6.45, 7) is 7.42. The number of benzene rings is 2. The fourth-order valence-electron chi connectivity index (χ4n) is 3.25. The summed E-state index contributed by atoms with van der Waals surface area (Å²) in [6.07, 6.45) is 0. The third-order valence-electron chi connectivity index (χ3n) is 4.76. The van der Waals surface area contributed by atoms with E-state index in [9.17, 15) is 5.11 Å². The van der Waals surface area contributed by atoms with Gasteiger partial charge in [-0.2, -0.15) is 5.10 Å². The van der Waals surface area contributed by atoms with Crippen LogP contribution in [0.15, 0.2) is 54.6 Å². The summed E-state index contributed by atoms with van der Waals surface area (Å²) in [5, 5.41) is 21.0. The lowest BCUT2D eigenvalue weighted by Crippen LogP contribution is -2.22. The predicted molar refractivity (Wildman–Crippen MR) is 110 cm³/mol. The second kappa shape index (κ2) is 9.35. The smallest absolute Gasteiger partial charge is 0.0828 e. The molecule has 5 nitrogen and oxygen atoms in total. The molecule has 0 aliphatic carbocycles. The van der Waals surface area contributed by atoms with Gasteiger partial charge in [0.15, 0.2) is 0 Å². The molecule has 1 aromatic heterocycles. The SMILES string of the molecule is Cc1nn(Cc2ccccc2)c(C)c1NCCNCc1ccccc1CO. The van der Waals surface area contributed by atoms with Crippen molar-refractivity contribution < 1.29 is 5.11 Å². The molecule has 27 heavy (non-hydrogen) atoms. The van der Waals surface area contributed by atoms with Crippen LogP contribution in [0.5, 0.6) is 0 Å². The first kappa shape index (κ1) is 19.1. The summed E-state index contributed by atoms with van der Waals surface area (Å²) in [6, 6.07) is 18.4.